The minimum atomic E-state index is -0.960. The number of hydrogen-bond donors (Lipinski definition) is 0. The average Bonchev–Trinajstić information content (AvgIpc) is 3.05. The predicted molar refractivity (Wildman–Crippen MR) is 178 cm³/mol. The molecule has 0 unspecified atom stereocenters. The van der Waals surface area contributed by atoms with E-state index in [1.165, 1.54) is 22.3 Å². The molecule has 0 saturated carbocycles. The maximum absolute atomic E-state index is 8.27. The molecule has 0 heterocycles. The van der Waals surface area contributed by atoms with Crippen LogP contribution in [0.2, 0.25) is 0 Å². The summed E-state index contributed by atoms with van der Waals surface area (Å²) in [5.74, 6) is 0. The van der Waals surface area contributed by atoms with Gasteiger partial charge in [-0.3, -0.25) is 0 Å². The minimum absolute atomic E-state index is 0.960. The SMILES string of the molecule is Cc1ccccc1C(OC(c1ccccc1)(c1ccccc1C)c1ccccc1C)(c1ccccc1)c1ccccc1C. The first-order valence-corrected chi connectivity index (χ1v) is 15.0. The summed E-state index contributed by atoms with van der Waals surface area (Å²) in [4.78, 5) is 0. The van der Waals surface area contributed by atoms with E-state index in [2.05, 4.69) is 185 Å². The van der Waals surface area contributed by atoms with E-state index in [1.807, 2.05) is 0 Å². The fourth-order valence-electron chi connectivity index (χ4n) is 6.70. The number of hydrogen-bond acceptors (Lipinski definition) is 1. The van der Waals surface area contributed by atoms with Gasteiger partial charge in [0.15, 0.2) is 0 Å². The highest BCUT2D eigenvalue weighted by Gasteiger charge is 2.50. The largest absolute Gasteiger partial charge is 0.340 e. The van der Waals surface area contributed by atoms with Gasteiger partial charge < -0.3 is 4.74 Å². The summed E-state index contributed by atoms with van der Waals surface area (Å²) in [7, 11) is 0. The van der Waals surface area contributed by atoms with Crippen molar-refractivity contribution in [2.24, 2.45) is 0 Å². The molecule has 0 N–H and O–H groups in total. The number of aryl methyl sites for hydroxylation is 4. The molecule has 0 spiro atoms. The van der Waals surface area contributed by atoms with Crippen LogP contribution in [0.5, 0.6) is 0 Å². The molecule has 212 valence electrons. The lowest BCUT2D eigenvalue weighted by atomic mass is 9.72. The van der Waals surface area contributed by atoms with Crippen molar-refractivity contribution in [1.82, 2.24) is 0 Å². The maximum Gasteiger partial charge on any atom is 0.146 e. The Kier molecular flexibility index (Phi) is 7.84. The molecule has 0 aliphatic carbocycles. The van der Waals surface area contributed by atoms with Gasteiger partial charge in [0.2, 0.25) is 0 Å². The van der Waals surface area contributed by atoms with Crippen LogP contribution < -0.4 is 0 Å². The van der Waals surface area contributed by atoms with Crippen molar-refractivity contribution in [2.75, 3.05) is 0 Å². The Morgan fingerprint density at radius 3 is 0.791 bits per heavy atom. The molecule has 0 aromatic heterocycles. The van der Waals surface area contributed by atoms with Crippen LogP contribution in [0.25, 0.3) is 0 Å². The highest BCUT2D eigenvalue weighted by Crippen LogP contribution is 2.53. The van der Waals surface area contributed by atoms with Crippen molar-refractivity contribution in [2.45, 2.75) is 38.9 Å². The Hall–Kier alpha value is -4.72. The van der Waals surface area contributed by atoms with Crippen molar-refractivity contribution in [3.05, 3.63) is 213 Å². The molecule has 0 aliphatic heterocycles. The van der Waals surface area contributed by atoms with Crippen molar-refractivity contribution in [3.63, 3.8) is 0 Å². The van der Waals surface area contributed by atoms with Gasteiger partial charge in [-0.25, -0.2) is 0 Å². The first kappa shape index (κ1) is 28.4. The van der Waals surface area contributed by atoms with Crippen LogP contribution >= 0.6 is 0 Å². The summed E-state index contributed by atoms with van der Waals surface area (Å²) in [6, 6.07) is 56.2. The highest BCUT2D eigenvalue weighted by molar-refractivity contribution is 5.57. The summed E-state index contributed by atoms with van der Waals surface area (Å²) in [5.41, 5.74) is 9.43. The topological polar surface area (TPSA) is 9.23 Å². The van der Waals surface area contributed by atoms with Gasteiger partial charge in [0.05, 0.1) is 0 Å². The lowest BCUT2D eigenvalue weighted by Gasteiger charge is -2.48. The third kappa shape index (κ3) is 4.90. The van der Waals surface area contributed by atoms with Crippen molar-refractivity contribution >= 4 is 0 Å². The molecular weight excluding hydrogens is 520 g/mol. The summed E-state index contributed by atoms with van der Waals surface area (Å²) >= 11 is 0. The zero-order chi connectivity index (χ0) is 29.9. The van der Waals surface area contributed by atoms with Gasteiger partial charge >= 0.3 is 0 Å². The van der Waals surface area contributed by atoms with Crippen LogP contribution in [-0.2, 0) is 15.9 Å². The number of ether oxygens (including phenoxy) is 1. The van der Waals surface area contributed by atoms with E-state index < -0.39 is 11.2 Å². The zero-order valence-corrected chi connectivity index (χ0v) is 25.4. The Labute approximate surface area is 256 Å². The van der Waals surface area contributed by atoms with E-state index in [-0.39, 0.29) is 0 Å². The van der Waals surface area contributed by atoms with Gasteiger partial charge in [0, 0.05) is 0 Å². The van der Waals surface area contributed by atoms with E-state index in [0.29, 0.717) is 0 Å². The molecule has 6 rings (SSSR count). The molecule has 0 fully saturated rings. The average molecular weight is 559 g/mol. The molecule has 1 heteroatoms. The van der Waals surface area contributed by atoms with Gasteiger partial charge in [-0.2, -0.15) is 0 Å². The molecule has 0 aliphatic rings. The summed E-state index contributed by atoms with van der Waals surface area (Å²) < 4.78 is 8.27. The molecule has 0 bridgehead atoms. The molecule has 1 nitrogen and oxygen atoms in total. The second-order valence-electron chi connectivity index (χ2n) is 11.5. The van der Waals surface area contributed by atoms with Crippen molar-refractivity contribution in [3.8, 4) is 0 Å². The second-order valence-corrected chi connectivity index (χ2v) is 11.5. The van der Waals surface area contributed by atoms with Gasteiger partial charge in [0.1, 0.15) is 11.2 Å². The molecule has 0 amide bonds. The monoisotopic (exact) mass is 558 g/mol. The van der Waals surface area contributed by atoms with E-state index in [9.17, 15) is 0 Å². The predicted octanol–water partition coefficient (Wildman–Crippen LogP) is 10.2. The quantitative estimate of drug-likeness (QED) is 0.169. The lowest BCUT2D eigenvalue weighted by Crippen LogP contribution is -2.46. The van der Waals surface area contributed by atoms with Crippen LogP contribution in [0, 0.1) is 27.7 Å². The first-order valence-electron chi connectivity index (χ1n) is 15.0. The minimum Gasteiger partial charge on any atom is -0.340 e. The van der Waals surface area contributed by atoms with Crippen molar-refractivity contribution in [1.29, 1.82) is 0 Å². The molecule has 43 heavy (non-hydrogen) atoms. The fourth-order valence-corrected chi connectivity index (χ4v) is 6.70. The third-order valence-corrected chi connectivity index (χ3v) is 8.76. The van der Waals surface area contributed by atoms with E-state index in [0.717, 1.165) is 33.4 Å². The summed E-state index contributed by atoms with van der Waals surface area (Å²) in [6.45, 7) is 8.78. The Balaban J connectivity index is 1.85. The molecule has 6 aromatic rings. The maximum atomic E-state index is 8.27. The molecule has 0 atom stereocenters. The Morgan fingerprint density at radius 2 is 0.535 bits per heavy atom. The van der Waals surface area contributed by atoms with Gasteiger partial charge in [0.25, 0.3) is 0 Å². The molecular formula is C42H38O. The molecule has 6 aromatic carbocycles. The van der Waals surface area contributed by atoms with Gasteiger partial charge in [-0.1, -0.05) is 158 Å². The van der Waals surface area contributed by atoms with Crippen LogP contribution in [0.15, 0.2) is 158 Å². The number of rotatable bonds is 8. The van der Waals surface area contributed by atoms with Crippen LogP contribution in [0.4, 0.5) is 0 Å². The van der Waals surface area contributed by atoms with Crippen LogP contribution in [-0.4, -0.2) is 0 Å². The standard InChI is InChI=1S/C42H38O/c1-31-19-11-15-27-37(31)41(35-23-7-5-8-24-35,38-28-16-12-20-32(38)2)43-42(36-25-9-6-10-26-36,39-29-17-13-21-33(39)3)40-30-18-14-22-34(40)4/h5-30H,1-4H3. The Morgan fingerprint density at radius 1 is 0.302 bits per heavy atom. The van der Waals surface area contributed by atoms with E-state index in [4.69, 9.17) is 4.74 Å². The zero-order valence-electron chi connectivity index (χ0n) is 25.4. The van der Waals surface area contributed by atoms with E-state index in [1.54, 1.807) is 0 Å². The van der Waals surface area contributed by atoms with Crippen LogP contribution in [0.1, 0.15) is 55.6 Å². The Bertz CT molecular complexity index is 1610. The lowest BCUT2D eigenvalue weighted by molar-refractivity contribution is -0.0821. The smallest absolute Gasteiger partial charge is 0.146 e. The van der Waals surface area contributed by atoms with Crippen molar-refractivity contribution < 1.29 is 4.74 Å². The summed E-state index contributed by atoms with van der Waals surface area (Å²) in [6.07, 6.45) is 0. The number of benzene rings is 6. The second kappa shape index (κ2) is 11.9. The highest BCUT2D eigenvalue weighted by atomic mass is 16.5. The van der Waals surface area contributed by atoms with E-state index >= 15 is 0 Å². The normalized spacial score (nSPS) is 11.8. The summed E-state index contributed by atoms with van der Waals surface area (Å²) in [5, 5.41) is 0. The fraction of sp³-hybridized carbons (Fsp3) is 0.143. The van der Waals surface area contributed by atoms with Gasteiger partial charge in [-0.15, -0.1) is 0 Å². The molecule has 0 saturated heterocycles. The van der Waals surface area contributed by atoms with Crippen LogP contribution in [0.3, 0.4) is 0 Å². The third-order valence-electron chi connectivity index (χ3n) is 8.76. The first-order chi connectivity index (χ1) is 21.0. The molecule has 0 radical (unpaired) electrons. The van der Waals surface area contributed by atoms with Gasteiger partial charge in [-0.05, 0) is 83.3 Å².